The summed E-state index contributed by atoms with van der Waals surface area (Å²) in [5.74, 6) is 0.629. The van der Waals surface area contributed by atoms with Crippen molar-refractivity contribution in [1.82, 2.24) is 10.3 Å². The summed E-state index contributed by atoms with van der Waals surface area (Å²) in [4.78, 5) is 29.2. The van der Waals surface area contributed by atoms with Gasteiger partial charge in [-0.2, -0.15) is 0 Å². The van der Waals surface area contributed by atoms with Crippen LogP contribution in [-0.2, 0) is 14.3 Å². The molecule has 2 saturated carbocycles. The number of ether oxygens (including phenoxy) is 2. The molecule has 190 valence electrons. The minimum absolute atomic E-state index is 0.0679. The molecule has 1 saturated heterocycles. The molecule has 1 amide bonds. The Balaban J connectivity index is 1.34. The topological polar surface area (TPSA) is 77.5 Å². The molecule has 0 bridgehead atoms. The van der Waals surface area contributed by atoms with E-state index in [0.29, 0.717) is 18.4 Å². The Labute approximate surface area is 211 Å². The van der Waals surface area contributed by atoms with Crippen LogP contribution in [0.3, 0.4) is 0 Å². The fraction of sp³-hybridized carbons (Fsp3) is 0.483. The predicted molar refractivity (Wildman–Crippen MR) is 134 cm³/mol. The van der Waals surface area contributed by atoms with Gasteiger partial charge >= 0.3 is 12.1 Å². The summed E-state index contributed by atoms with van der Waals surface area (Å²) in [6, 6.07) is 10.4. The van der Waals surface area contributed by atoms with E-state index >= 15 is 0 Å². The molecule has 7 atom stereocenters. The van der Waals surface area contributed by atoms with E-state index in [4.69, 9.17) is 9.47 Å². The van der Waals surface area contributed by atoms with Gasteiger partial charge in [0.15, 0.2) is 0 Å². The van der Waals surface area contributed by atoms with Gasteiger partial charge in [-0.25, -0.2) is 9.18 Å². The van der Waals surface area contributed by atoms with Crippen LogP contribution in [0.25, 0.3) is 17.2 Å². The van der Waals surface area contributed by atoms with Crippen molar-refractivity contribution in [2.45, 2.75) is 51.7 Å². The number of hydrogen-bond donors (Lipinski definition) is 1. The van der Waals surface area contributed by atoms with E-state index in [-0.39, 0.29) is 47.8 Å². The number of allylic oxidation sites excluding steroid dienone is 1. The largest absolute Gasteiger partial charge is 0.462 e. The second kappa shape index (κ2) is 10.4. The standard InChI is InChI=1S/C29H33FN2O4/c1-3-35-29(34)32-23-10-11-24-20(14-23)15-26-27(17(2)36-28(26)33)25(24)12-9-22-8-7-19(16-31-22)18-5-4-6-21(30)13-18/h4-9,12-13,16-17,20,23-27H,3,10-11,14-15H2,1-2H3,(H,32,34)/b12-9+/t17-,20+,23-,24-,25+,26-,27-/m1/s1. The van der Waals surface area contributed by atoms with Gasteiger partial charge in [0, 0.05) is 23.7 Å². The molecule has 1 aromatic carbocycles. The van der Waals surface area contributed by atoms with Crippen LogP contribution in [-0.4, -0.2) is 35.8 Å². The van der Waals surface area contributed by atoms with Crippen LogP contribution in [0.1, 0.15) is 45.2 Å². The summed E-state index contributed by atoms with van der Waals surface area (Å²) in [6.07, 6.45) is 9.07. The molecule has 5 rings (SSSR count). The Morgan fingerprint density at radius 2 is 2.08 bits per heavy atom. The number of aromatic nitrogens is 1. The SMILES string of the molecule is CCOC(=O)N[C@@H]1CC[C@@H]2[C@@H](C1)C[C@H]1C(=O)O[C@H](C)[C@@H]1[C@H]2/C=C/c1ccc(-c2cccc(F)c2)cn1. The van der Waals surface area contributed by atoms with Gasteiger partial charge in [-0.05, 0) is 87.1 Å². The van der Waals surface area contributed by atoms with Gasteiger partial charge in [-0.1, -0.05) is 24.3 Å². The van der Waals surface area contributed by atoms with Gasteiger partial charge in [-0.15, -0.1) is 0 Å². The van der Waals surface area contributed by atoms with Gasteiger partial charge in [0.1, 0.15) is 11.9 Å². The van der Waals surface area contributed by atoms with Crippen LogP contribution in [0.4, 0.5) is 9.18 Å². The zero-order valence-electron chi connectivity index (χ0n) is 20.7. The van der Waals surface area contributed by atoms with Crippen molar-refractivity contribution in [3.8, 4) is 11.1 Å². The maximum atomic E-state index is 13.6. The summed E-state index contributed by atoms with van der Waals surface area (Å²) in [5, 5.41) is 3.00. The van der Waals surface area contributed by atoms with Gasteiger partial charge in [-0.3, -0.25) is 9.78 Å². The molecule has 2 aliphatic carbocycles. The normalized spacial score (nSPS) is 31.4. The first-order valence-electron chi connectivity index (χ1n) is 13.0. The van der Waals surface area contributed by atoms with E-state index in [9.17, 15) is 14.0 Å². The Bertz CT molecular complexity index is 1130. The second-order valence-electron chi connectivity index (χ2n) is 10.3. The minimum Gasteiger partial charge on any atom is -0.462 e. The van der Waals surface area contributed by atoms with E-state index in [1.807, 2.05) is 31.2 Å². The summed E-state index contributed by atoms with van der Waals surface area (Å²) in [7, 11) is 0. The number of halogens is 1. The Morgan fingerprint density at radius 1 is 1.22 bits per heavy atom. The zero-order valence-corrected chi connectivity index (χ0v) is 20.7. The molecule has 2 aromatic rings. The lowest BCUT2D eigenvalue weighted by atomic mass is 9.57. The molecular formula is C29H33FN2O4. The average molecular weight is 493 g/mol. The van der Waals surface area contributed by atoms with Crippen molar-refractivity contribution in [3.05, 3.63) is 60.2 Å². The van der Waals surface area contributed by atoms with Gasteiger partial charge in [0.2, 0.25) is 0 Å². The summed E-state index contributed by atoms with van der Waals surface area (Å²) < 4.78 is 24.3. The molecule has 1 N–H and O–H groups in total. The maximum absolute atomic E-state index is 13.6. The number of pyridine rings is 1. The molecule has 0 radical (unpaired) electrons. The number of carbonyl (C=O) groups is 2. The number of hydrogen-bond acceptors (Lipinski definition) is 5. The van der Waals surface area contributed by atoms with Crippen LogP contribution in [0.2, 0.25) is 0 Å². The van der Waals surface area contributed by atoms with Gasteiger partial charge in [0.25, 0.3) is 0 Å². The summed E-state index contributed by atoms with van der Waals surface area (Å²) >= 11 is 0. The van der Waals surface area contributed by atoms with E-state index in [0.717, 1.165) is 42.5 Å². The summed E-state index contributed by atoms with van der Waals surface area (Å²) in [6.45, 7) is 4.15. The molecule has 6 nitrogen and oxygen atoms in total. The molecule has 0 unspecified atom stereocenters. The first kappa shape index (κ1) is 24.5. The molecule has 0 spiro atoms. The quantitative estimate of drug-likeness (QED) is 0.548. The lowest BCUT2D eigenvalue weighted by Gasteiger charge is -2.47. The van der Waals surface area contributed by atoms with Crippen LogP contribution in [0, 0.1) is 35.4 Å². The lowest BCUT2D eigenvalue weighted by Crippen LogP contribution is -2.48. The predicted octanol–water partition coefficient (Wildman–Crippen LogP) is 5.63. The number of amides is 1. The van der Waals surface area contributed by atoms with Crippen LogP contribution >= 0.6 is 0 Å². The van der Waals surface area contributed by atoms with Gasteiger partial charge in [0.05, 0.1) is 18.2 Å². The fourth-order valence-corrected chi connectivity index (χ4v) is 6.64. The number of rotatable bonds is 5. The smallest absolute Gasteiger partial charge is 0.407 e. The first-order chi connectivity index (χ1) is 17.4. The molecule has 7 heteroatoms. The Morgan fingerprint density at radius 3 is 2.83 bits per heavy atom. The average Bonchev–Trinajstić information content (AvgIpc) is 3.15. The highest BCUT2D eigenvalue weighted by Crippen LogP contribution is 2.53. The zero-order chi connectivity index (χ0) is 25.2. The lowest BCUT2D eigenvalue weighted by molar-refractivity contribution is -0.144. The molecule has 1 aliphatic heterocycles. The molecule has 1 aromatic heterocycles. The van der Waals surface area contributed by atoms with E-state index in [1.165, 1.54) is 12.1 Å². The minimum atomic E-state index is -0.368. The molecular weight excluding hydrogens is 459 g/mol. The van der Waals surface area contributed by atoms with E-state index in [1.54, 1.807) is 19.2 Å². The number of fused-ring (bicyclic) bond motifs is 2. The third-order valence-electron chi connectivity index (χ3n) is 8.18. The van der Waals surface area contributed by atoms with Crippen LogP contribution < -0.4 is 5.32 Å². The number of benzene rings is 1. The third kappa shape index (κ3) is 5.01. The highest BCUT2D eigenvalue weighted by molar-refractivity contribution is 5.75. The Kier molecular flexibility index (Phi) is 7.08. The van der Waals surface area contributed by atoms with E-state index < -0.39 is 0 Å². The number of alkyl carbamates (subject to hydrolysis) is 1. The van der Waals surface area contributed by atoms with E-state index in [2.05, 4.69) is 16.4 Å². The number of nitrogens with one attached hydrogen (secondary N) is 1. The second-order valence-corrected chi connectivity index (χ2v) is 10.3. The van der Waals surface area contributed by atoms with Crippen molar-refractivity contribution in [1.29, 1.82) is 0 Å². The number of carbonyl (C=O) groups excluding carboxylic acids is 2. The Hall–Kier alpha value is -3.22. The highest BCUT2D eigenvalue weighted by atomic mass is 19.1. The van der Waals surface area contributed by atoms with Crippen molar-refractivity contribution >= 4 is 18.1 Å². The van der Waals surface area contributed by atoms with Crippen LogP contribution in [0.15, 0.2) is 48.7 Å². The first-order valence-corrected chi connectivity index (χ1v) is 13.0. The van der Waals surface area contributed by atoms with Crippen molar-refractivity contribution in [2.24, 2.45) is 29.6 Å². The van der Waals surface area contributed by atoms with Crippen LogP contribution in [0.5, 0.6) is 0 Å². The number of cyclic esters (lactones) is 1. The fourth-order valence-electron chi connectivity index (χ4n) is 6.64. The highest BCUT2D eigenvalue weighted by Gasteiger charge is 2.54. The molecule has 36 heavy (non-hydrogen) atoms. The number of nitrogens with zero attached hydrogens (tertiary/aromatic N) is 1. The molecule has 3 aliphatic rings. The number of esters is 1. The van der Waals surface area contributed by atoms with Gasteiger partial charge < -0.3 is 14.8 Å². The van der Waals surface area contributed by atoms with Crippen molar-refractivity contribution in [2.75, 3.05) is 6.61 Å². The van der Waals surface area contributed by atoms with Crippen molar-refractivity contribution < 1.29 is 23.5 Å². The molecule has 2 heterocycles. The molecule has 3 fully saturated rings. The monoisotopic (exact) mass is 492 g/mol. The maximum Gasteiger partial charge on any atom is 0.407 e. The van der Waals surface area contributed by atoms with Crippen molar-refractivity contribution in [3.63, 3.8) is 0 Å². The third-order valence-corrected chi connectivity index (χ3v) is 8.18. The summed E-state index contributed by atoms with van der Waals surface area (Å²) in [5.41, 5.74) is 2.48.